The maximum absolute atomic E-state index is 4.27. The number of hydrogen-bond acceptors (Lipinski definition) is 2. The lowest BCUT2D eigenvalue weighted by molar-refractivity contribution is 1.12. The lowest BCUT2D eigenvalue weighted by atomic mass is 10.3. The van der Waals surface area contributed by atoms with Gasteiger partial charge in [-0.25, -0.2) is 4.98 Å². The van der Waals surface area contributed by atoms with E-state index in [4.69, 9.17) is 0 Å². The minimum absolute atomic E-state index is 0.709. The first-order valence-electron chi connectivity index (χ1n) is 5.03. The summed E-state index contributed by atoms with van der Waals surface area (Å²) in [6.07, 6.45) is 6.53. The van der Waals surface area contributed by atoms with Crippen molar-refractivity contribution in [2.45, 2.75) is 25.8 Å². The second-order valence-corrected chi connectivity index (χ2v) is 3.96. The highest BCUT2D eigenvalue weighted by molar-refractivity contribution is 5.61. The standard InChI is InChI=1S/C11H13N3/c1-8-11-6-10(13-9-2-3-9)4-5-14(11)7-12-8/h4-7,9,13H,2-3H2,1H3. The smallest absolute Gasteiger partial charge is 0.0995 e. The van der Waals surface area contributed by atoms with Crippen molar-refractivity contribution in [1.29, 1.82) is 0 Å². The fraction of sp³-hybridized carbons (Fsp3) is 0.364. The number of hydrogen-bond donors (Lipinski definition) is 1. The molecule has 1 aliphatic rings. The van der Waals surface area contributed by atoms with Crippen molar-refractivity contribution in [3.05, 3.63) is 30.4 Å². The van der Waals surface area contributed by atoms with Crippen LogP contribution < -0.4 is 5.32 Å². The van der Waals surface area contributed by atoms with Crippen LogP contribution in [0.15, 0.2) is 24.7 Å². The maximum Gasteiger partial charge on any atom is 0.0995 e. The van der Waals surface area contributed by atoms with Gasteiger partial charge in [-0.1, -0.05) is 0 Å². The molecule has 0 radical (unpaired) electrons. The summed E-state index contributed by atoms with van der Waals surface area (Å²) in [7, 11) is 0. The third kappa shape index (κ3) is 1.25. The van der Waals surface area contributed by atoms with Gasteiger partial charge in [0.15, 0.2) is 0 Å². The number of aromatic nitrogens is 2. The van der Waals surface area contributed by atoms with Crippen LogP contribution in [0.5, 0.6) is 0 Å². The van der Waals surface area contributed by atoms with Crippen LogP contribution in [0.4, 0.5) is 5.69 Å². The Morgan fingerprint density at radius 1 is 1.50 bits per heavy atom. The fourth-order valence-electron chi connectivity index (χ4n) is 1.67. The molecule has 0 spiro atoms. The third-order valence-electron chi connectivity index (χ3n) is 2.68. The minimum atomic E-state index is 0.709. The summed E-state index contributed by atoms with van der Waals surface area (Å²) < 4.78 is 2.05. The first-order valence-corrected chi connectivity index (χ1v) is 5.03. The number of anilines is 1. The molecule has 2 heterocycles. The van der Waals surface area contributed by atoms with Crippen molar-refractivity contribution in [1.82, 2.24) is 9.38 Å². The predicted molar refractivity (Wildman–Crippen MR) is 56.6 cm³/mol. The number of nitrogens with zero attached hydrogens (tertiary/aromatic N) is 2. The number of imidazole rings is 1. The van der Waals surface area contributed by atoms with Gasteiger partial charge in [-0.15, -0.1) is 0 Å². The van der Waals surface area contributed by atoms with Crippen LogP contribution in [0, 0.1) is 6.92 Å². The van der Waals surface area contributed by atoms with Gasteiger partial charge in [0, 0.05) is 17.9 Å². The zero-order valence-corrected chi connectivity index (χ0v) is 8.20. The van der Waals surface area contributed by atoms with Crippen LogP contribution in [0.25, 0.3) is 5.52 Å². The molecule has 2 aromatic heterocycles. The van der Waals surface area contributed by atoms with Crippen LogP contribution in [-0.2, 0) is 0 Å². The van der Waals surface area contributed by atoms with Crippen molar-refractivity contribution in [3.63, 3.8) is 0 Å². The maximum atomic E-state index is 4.27. The van der Waals surface area contributed by atoms with Crippen LogP contribution in [-0.4, -0.2) is 15.4 Å². The second kappa shape index (κ2) is 2.74. The Morgan fingerprint density at radius 3 is 3.14 bits per heavy atom. The average molecular weight is 187 g/mol. The highest BCUT2D eigenvalue weighted by Crippen LogP contribution is 2.25. The Labute approximate surface area is 82.8 Å². The molecule has 3 nitrogen and oxygen atoms in total. The Bertz CT molecular complexity index is 468. The van der Waals surface area contributed by atoms with E-state index in [0.29, 0.717) is 6.04 Å². The molecule has 72 valence electrons. The fourth-order valence-corrected chi connectivity index (χ4v) is 1.67. The van der Waals surface area contributed by atoms with Crippen LogP contribution in [0.3, 0.4) is 0 Å². The summed E-state index contributed by atoms with van der Waals surface area (Å²) in [6, 6.07) is 4.98. The van der Waals surface area contributed by atoms with Gasteiger partial charge in [0.2, 0.25) is 0 Å². The summed E-state index contributed by atoms with van der Waals surface area (Å²) in [4.78, 5) is 4.27. The van der Waals surface area contributed by atoms with Crippen molar-refractivity contribution in [2.75, 3.05) is 5.32 Å². The van der Waals surface area contributed by atoms with E-state index < -0.39 is 0 Å². The second-order valence-electron chi connectivity index (χ2n) is 3.96. The summed E-state index contributed by atoms with van der Waals surface area (Å²) in [5, 5.41) is 3.48. The SMILES string of the molecule is Cc1ncn2ccc(NC3CC3)cc12. The van der Waals surface area contributed by atoms with E-state index in [1.165, 1.54) is 24.0 Å². The van der Waals surface area contributed by atoms with E-state index in [2.05, 4.69) is 28.6 Å². The van der Waals surface area contributed by atoms with Crippen molar-refractivity contribution < 1.29 is 0 Å². The molecule has 1 aliphatic carbocycles. The van der Waals surface area contributed by atoms with Gasteiger partial charge >= 0.3 is 0 Å². The molecule has 0 unspecified atom stereocenters. The Kier molecular flexibility index (Phi) is 1.54. The summed E-state index contributed by atoms with van der Waals surface area (Å²) in [5.74, 6) is 0. The number of nitrogens with one attached hydrogen (secondary N) is 1. The minimum Gasteiger partial charge on any atom is -0.382 e. The quantitative estimate of drug-likeness (QED) is 0.781. The molecular weight excluding hydrogens is 174 g/mol. The first kappa shape index (κ1) is 7.85. The Hall–Kier alpha value is -1.51. The van der Waals surface area contributed by atoms with Crippen LogP contribution >= 0.6 is 0 Å². The number of aryl methyl sites for hydroxylation is 1. The van der Waals surface area contributed by atoms with Crippen molar-refractivity contribution in [3.8, 4) is 0 Å². The normalized spacial score (nSPS) is 16.1. The molecule has 1 saturated carbocycles. The molecule has 0 aliphatic heterocycles. The Balaban J connectivity index is 2.03. The lowest BCUT2D eigenvalue weighted by Crippen LogP contribution is -2.00. The van der Waals surface area contributed by atoms with E-state index in [-0.39, 0.29) is 0 Å². The highest BCUT2D eigenvalue weighted by atomic mass is 15.0. The molecule has 0 atom stereocenters. The summed E-state index contributed by atoms with van der Waals surface area (Å²) in [5.41, 5.74) is 3.49. The van der Waals surface area contributed by atoms with E-state index in [9.17, 15) is 0 Å². The zero-order valence-electron chi connectivity index (χ0n) is 8.20. The molecule has 1 N–H and O–H groups in total. The zero-order chi connectivity index (χ0) is 9.54. The largest absolute Gasteiger partial charge is 0.382 e. The summed E-state index contributed by atoms with van der Waals surface area (Å²) in [6.45, 7) is 2.04. The molecule has 2 aromatic rings. The molecule has 3 rings (SSSR count). The number of pyridine rings is 1. The van der Waals surface area contributed by atoms with Gasteiger partial charge in [-0.2, -0.15) is 0 Å². The molecule has 0 saturated heterocycles. The van der Waals surface area contributed by atoms with E-state index in [1.54, 1.807) is 0 Å². The monoisotopic (exact) mass is 187 g/mol. The van der Waals surface area contributed by atoms with Crippen molar-refractivity contribution >= 4 is 11.2 Å². The lowest BCUT2D eigenvalue weighted by Gasteiger charge is -2.04. The molecule has 1 fully saturated rings. The van der Waals surface area contributed by atoms with Crippen LogP contribution in [0.1, 0.15) is 18.5 Å². The topological polar surface area (TPSA) is 29.3 Å². The molecule has 0 amide bonds. The number of fused-ring (bicyclic) bond motifs is 1. The van der Waals surface area contributed by atoms with Gasteiger partial charge in [0.05, 0.1) is 17.5 Å². The molecule has 0 bridgehead atoms. The first-order chi connectivity index (χ1) is 6.83. The number of rotatable bonds is 2. The predicted octanol–water partition coefficient (Wildman–Crippen LogP) is 2.22. The average Bonchev–Trinajstić information content (AvgIpc) is 2.92. The molecule has 3 heteroatoms. The van der Waals surface area contributed by atoms with Gasteiger partial charge in [0.1, 0.15) is 0 Å². The molecular formula is C11H13N3. The molecule has 0 aromatic carbocycles. The Morgan fingerprint density at radius 2 is 2.36 bits per heavy atom. The van der Waals surface area contributed by atoms with Crippen molar-refractivity contribution in [2.24, 2.45) is 0 Å². The van der Waals surface area contributed by atoms with Gasteiger partial charge in [-0.05, 0) is 31.9 Å². The van der Waals surface area contributed by atoms with Gasteiger partial charge < -0.3 is 9.72 Å². The van der Waals surface area contributed by atoms with Gasteiger partial charge in [0.25, 0.3) is 0 Å². The highest BCUT2D eigenvalue weighted by Gasteiger charge is 2.20. The van der Waals surface area contributed by atoms with E-state index >= 15 is 0 Å². The van der Waals surface area contributed by atoms with E-state index in [1.807, 2.05) is 17.7 Å². The third-order valence-corrected chi connectivity index (χ3v) is 2.68. The van der Waals surface area contributed by atoms with E-state index in [0.717, 1.165) is 5.69 Å². The summed E-state index contributed by atoms with van der Waals surface area (Å²) >= 11 is 0. The van der Waals surface area contributed by atoms with Gasteiger partial charge in [-0.3, -0.25) is 0 Å². The molecule has 14 heavy (non-hydrogen) atoms. The van der Waals surface area contributed by atoms with Crippen LogP contribution in [0.2, 0.25) is 0 Å².